The van der Waals surface area contributed by atoms with Crippen LogP contribution in [0, 0.1) is 10.1 Å². The number of anilines is 1. The number of fused-ring (bicyclic) bond motifs is 1. The lowest BCUT2D eigenvalue weighted by Gasteiger charge is -2.09. The lowest BCUT2D eigenvalue weighted by atomic mass is 10.0. The van der Waals surface area contributed by atoms with Crippen molar-refractivity contribution in [3.05, 3.63) is 69.8 Å². The van der Waals surface area contributed by atoms with Gasteiger partial charge in [-0.25, -0.2) is 4.68 Å². The Morgan fingerprint density at radius 3 is 2.34 bits per heavy atom. The molecule has 1 aromatic heterocycles. The number of hydrogen-bond donors (Lipinski definition) is 1. The largest absolute Gasteiger partial charge is 0.416 e. The minimum absolute atomic E-state index is 0.0251. The van der Waals surface area contributed by atoms with Crippen molar-refractivity contribution in [2.24, 2.45) is 0 Å². The van der Waals surface area contributed by atoms with E-state index in [4.69, 9.17) is 0 Å². The van der Waals surface area contributed by atoms with E-state index in [0.29, 0.717) is 16.9 Å². The summed E-state index contributed by atoms with van der Waals surface area (Å²) < 4.78 is 40.3. The van der Waals surface area contributed by atoms with Gasteiger partial charge in [-0.2, -0.15) is 18.3 Å². The molecule has 29 heavy (non-hydrogen) atoms. The van der Waals surface area contributed by atoms with Crippen LogP contribution in [0.25, 0.3) is 16.9 Å². The summed E-state index contributed by atoms with van der Waals surface area (Å²) in [6.45, 7) is 0.748. The predicted molar refractivity (Wildman–Crippen MR) is 102 cm³/mol. The van der Waals surface area contributed by atoms with E-state index >= 15 is 0 Å². The van der Waals surface area contributed by atoms with Crippen molar-refractivity contribution >= 4 is 11.5 Å². The maximum Gasteiger partial charge on any atom is 0.416 e. The highest BCUT2D eigenvalue weighted by Crippen LogP contribution is 2.36. The minimum atomic E-state index is -4.39. The van der Waals surface area contributed by atoms with Crippen LogP contribution in [-0.2, 0) is 12.6 Å². The van der Waals surface area contributed by atoms with E-state index in [-0.39, 0.29) is 5.69 Å². The molecule has 0 fully saturated rings. The third-order valence-electron chi connectivity index (χ3n) is 4.92. The Hall–Kier alpha value is -3.36. The van der Waals surface area contributed by atoms with Crippen molar-refractivity contribution < 1.29 is 18.1 Å². The van der Waals surface area contributed by atoms with E-state index < -0.39 is 16.7 Å². The molecule has 0 saturated heterocycles. The molecule has 0 atom stereocenters. The van der Waals surface area contributed by atoms with Gasteiger partial charge in [0.25, 0.3) is 5.69 Å². The summed E-state index contributed by atoms with van der Waals surface area (Å²) in [6, 6.07) is 11.0. The highest BCUT2D eigenvalue weighted by molar-refractivity contribution is 5.71. The van der Waals surface area contributed by atoms with E-state index in [2.05, 4.69) is 10.4 Å². The number of hydrogen-bond acceptors (Lipinski definition) is 4. The molecule has 0 spiro atoms. The number of aromatic nitrogens is 2. The average molecular weight is 402 g/mol. The van der Waals surface area contributed by atoms with Crippen LogP contribution in [0.2, 0.25) is 0 Å². The monoisotopic (exact) mass is 402 g/mol. The van der Waals surface area contributed by atoms with Crippen LogP contribution in [0.5, 0.6) is 0 Å². The van der Waals surface area contributed by atoms with Gasteiger partial charge in [0, 0.05) is 29.8 Å². The molecule has 150 valence electrons. The summed E-state index contributed by atoms with van der Waals surface area (Å²) in [6.07, 6.45) is -1.76. The second kappa shape index (κ2) is 7.23. The number of nitrogens with one attached hydrogen (secondary N) is 1. The number of halogens is 3. The van der Waals surface area contributed by atoms with Crippen molar-refractivity contribution in [3.8, 4) is 16.9 Å². The zero-order chi connectivity index (χ0) is 20.6. The first-order valence-corrected chi connectivity index (χ1v) is 9.13. The number of alkyl halides is 3. The van der Waals surface area contributed by atoms with Gasteiger partial charge in [-0.05, 0) is 43.5 Å². The molecule has 1 aliphatic rings. The summed E-state index contributed by atoms with van der Waals surface area (Å²) in [5, 5.41) is 18.9. The highest BCUT2D eigenvalue weighted by atomic mass is 19.4. The smallest absolute Gasteiger partial charge is 0.370 e. The fraction of sp³-hybridized carbons (Fsp3) is 0.250. The normalized spacial score (nSPS) is 14.0. The van der Waals surface area contributed by atoms with Crippen LogP contribution in [0.15, 0.2) is 48.5 Å². The number of benzene rings is 2. The molecule has 0 aliphatic carbocycles. The molecule has 4 rings (SSSR count). The van der Waals surface area contributed by atoms with Gasteiger partial charge >= 0.3 is 6.18 Å². The molecular weight excluding hydrogens is 385 g/mol. The Bertz CT molecular complexity index is 1040. The zero-order valence-corrected chi connectivity index (χ0v) is 15.2. The summed E-state index contributed by atoms with van der Waals surface area (Å²) >= 11 is 0. The van der Waals surface area contributed by atoms with E-state index in [1.165, 1.54) is 24.3 Å². The predicted octanol–water partition coefficient (Wildman–Crippen LogP) is 5.21. The summed E-state index contributed by atoms with van der Waals surface area (Å²) in [5.74, 6) is 0.770. The van der Waals surface area contributed by atoms with Crippen LogP contribution >= 0.6 is 0 Å². The van der Waals surface area contributed by atoms with E-state index in [0.717, 1.165) is 49.3 Å². The van der Waals surface area contributed by atoms with E-state index in [1.807, 2.05) is 0 Å². The maximum atomic E-state index is 12.9. The van der Waals surface area contributed by atoms with Crippen molar-refractivity contribution in [1.29, 1.82) is 0 Å². The Morgan fingerprint density at radius 2 is 1.72 bits per heavy atom. The molecule has 2 heterocycles. The van der Waals surface area contributed by atoms with Gasteiger partial charge in [-0.1, -0.05) is 12.1 Å². The average Bonchev–Trinajstić information content (AvgIpc) is 2.88. The molecule has 3 aromatic rings. The van der Waals surface area contributed by atoms with Crippen molar-refractivity contribution in [3.63, 3.8) is 0 Å². The lowest BCUT2D eigenvalue weighted by molar-refractivity contribution is -0.384. The fourth-order valence-corrected chi connectivity index (χ4v) is 3.45. The highest BCUT2D eigenvalue weighted by Gasteiger charge is 2.30. The number of non-ortho nitro benzene ring substituents is 1. The van der Waals surface area contributed by atoms with Crippen LogP contribution < -0.4 is 5.32 Å². The standard InChI is InChI=1S/C20H17F3N4O2/c21-20(22,23)14-6-4-13(5-7-14)18-17-3-1-2-12-24-19(17)26(25-18)15-8-10-16(11-9-15)27(28)29/h4-11,24H,1-3,12H2. The molecule has 0 saturated carbocycles. The molecule has 0 radical (unpaired) electrons. The number of rotatable bonds is 3. The van der Waals surface area contributed by atoms with Crippen LogP contribution in [-0.4, -0.2) is 21.2 Å². The molecule has 1 N–H and O–H groups in total. The molecule has 0 bridgehead atoms. The van der Waals surface area contributed by atoms with Gasteiger partial charge in [0.15, 0.2) is 0 Å². The van der Waals surface area contributed by atoms with Crippen LogP contribution in [0.4, 0.5) is 24.7 Å². The van der Waals surface area contributed by atoms with Gasteiger partial charge in [0.1, 0.15) is 5.82 Å². The van der Waals surface area contributed by atoms with Crippen LogP contribution in [0.1, 0.15) is 24.0 Å². The van der Waals surface area contributed by atoms with Gasteiger partial charge < -0.3 is 5.32 Å². The zero-order valence-electron chi connectivity index (χ0n) is 15.2. The van der Waals surface area contributed by atoms with Gasteiger partial charge in [0.05, 0.1) is 21.9 Å². The van der Waals surface area contributed by atoms with Gasteiger partial charge in [-0.15, -0.1) is 0 Å². The Kier molecular flexibility index (Phi) is 4.73. The van der Waals surface area contributed by atoms with Crippen molar-refractivity contribution in [1.82, 2.24) is 9.78 Å². The number of nitro benzene ring substituents is 1. The van der Waals surface area contributed by atoms with Crippen LogP contribution in [0.3, 0.4) is 0 Å². The molecule has 0 amide bonds. The molecule has 6 nitrogen and oxygen atoms in total. The molecule has 1 aliphatic heterocycles. The summed E-state index contributed by atoms with van der Waals surface area (Å²) in [7, 11) is 0. The van der Waals surface area contributed by atoms with Gasteiger partial charge in [0.2, 0.25) is 0 Å². The third kappa shape index (κ3) is 3.67. The molecule has 2 aromatic carbocycles. The SMILES string of the molecule is O=[N+]([O-])c1ccc(-n2nc(-c3ccc(C(F)(F)F)cc3)c3c2NCCCC3)cc1. The third-order valence-corrected chi connectivity index (χ3v) is 4.92. The molecular formula is C20H17F3N4O2. The summed E-state index contributed by atoms with van der Waals surface area (Å²) in [4.78, 5) is 10.4. The van der Waals surface area contributed by atoms with Gasteiger partial charge in [-0.3, -0.25) is 10.1 Å². The first-order chi connectivity index (χ1) is 13.8. The number of nitrogens with zero attached hydrogens (tertiary/aromatic N) is 3. The minimum Gasteiger partial charge on any atom is -0.370 e. The summed E-state index contributed by atoms with van der Waals surface area (Å²) in [5.41, 5.74) is 2.04. The topological polar surface area (TPSA) is 73.0 Å². The second-order valence-corrected chi connectivity index (χ2v) is 6.82. The molecule has 0 unspecified atom stereocenters. The van der Waals surface area contributed by atoms with Crippen molar-refractivity contribution in [2.75, 3.05) is 11.9 Å². The Labute approximate surface area is 164 Å². The van der Waals surface area contributed by atoms with Crippen molar-refractivity contribution in [2.45, 2.75) is 25.4 Å². The lowest BCUT2D eigenvalue weighted by Crippen LogP contribution is -2.07. The quantitative estimate of drug-likeness (QED) is 0.482. The Morgan fingerprint density at radius 1 is 1.03 bits per heavy atom. The first kappa shape index (κ1) is 19.0. The fourth-order valence-electron chi connectivity index (χ4n) is 3.45. The number of nitro groups is 1. The van der Waals surface area contributed by atoms with E-state index in [9.17, 15) is 23.3 Å². The van der Waals surface area contributed by atoms with E-state index in [1.54, 1.807) is 16.8 Å². The first-order valence-electron chi connectivity index (χ1n) is 9.13. The maximum absolute atomic E-state index is 12.9. The Balaban J connectivity index is 1.80. The molecule has 9 heteroatoms. The second-order valence-electron chi connectivity index (χ2n) is 6.82.